The van der Waals surface area contributed by atoms with Gasteiger partial charge in [-0.05, 0) is 94.1 Å². The predicted molar refractivity (Wildman–Crippen MR) is 177 cm³/mol. The molecular formula is C36H41F8N3O5. The zero-order valence-electron chi connectivity index (χ0n) is 29.7. The molecule has 2 atom stereocenters. The van der Waals surface area contributed by atoms with Gasteiger partial charge in [0.05, 0.1) is 30.7 Å². The first-order valence-corrected chi connectivity index (χ1v) is 16.2. The van der Waals surface area contributed by atoms with Crippen LogP contribution in [0.5, 0.6) is 5.75 Å². The number of aliphatic carboxylic acids is 1. The summed E-state index contributed by atoms with van der Waals surface area (Å²) in [5.74, 6) is -7.04. The lowest BCUT2D eigenvalue weighted by molar-refractivity contribution is -0.140. The summed E-state index contributed by atoms with van der Waals surface area (Å²) >= 11 is 0. The average molecular weight is 748 g/mol. The molecule has 0 aliphatic carbocycles. The minimum absolute atomic E-state index is 0.0974. The van der Waals surface area contributed by atoms with Crippen LogP contribution in [0.2, 0.25) is 0 Å². The van der Waals surface area contributed by atoms with Crippen molar-refractivity contribution in [1.82, 2.24) is 14.8 Å². The fourth-order valence-electron chi connectivity index (χ4n) is 6.16. The van der Waals surface area contributed by atoms with Crippen molar-refractivity contribution in [3.8, 4) is 16.9 Å². The zero-order chi connectivity index (χ0) is 39.5. The molecule has 1 aromatic heterocycles. The maximum absolute atomic E-state index is 16.6. The van der Waals surface area contributed by atoms with Crippen LogP contribution in [-0.2, 0) is 28.4 Å². The Balaban J connectivity index is 2.29. The first kappa shape index (κ1) is 41.9. The summed E-state index contributed by atoms with van der Waals surface area (Å²) in [4.78, 5) is 40.9. The summed E-state index contributed by atoms with van der Waals surface area (Å²) in [6.07, 6.45) is -10.9. The van der Waals surface area contributed by atoms with E-state index in [9.17, 15) is 45.8 Å². The van der Waals surface area contributed by atoms with Crippen molar-refractivity contribution in [3.63, 3.8) is 0 Å². The molecule has 0 fully saturated rings. The van der Waals surface area contributed by atoms with Crippen LogP contribution in [0.15, 0.2) is 35.3 Å². The van der Waals surface area contributed by atoms with Crippen LogP contribution in [0.3, 0.4) is 0 Å². The van der Waals surface area contributed by atoms with Gasteiger partial charge in [-0.15, -0.1) is 0 Å². The van der Waals surface area contributed by atoms with Crippen molar-refractivity contribution in [2.75, 3.05) is 27.7 Å². The highest BCUT2D eigenvalue weighted by Gasteiger charge is 2.41. The third-order valence-electron chi connectivity index (χ3n) is 8.55. The number of carbonyl (C=O) groups is 2. The molecule has 0 saturated carbocycles. The lowest BCUT2D eigenvalue weighted by Crippen LogP contribution is -2.41. The summed E-state index contributed by atoms with van der Waals surface area (Å²) in [6.45, 7) is 6.49. The molecule has 3 aromatic rings. The number of ether oxygens (including phenoxy) is 1. The number of aromatic nitrogens is 1. The number of halogens is 8. The third kappa shape index (κ3) is 9.69. The Morgan fingerprint density at radius 3 is 2.12 bits per heavy atom. The fraction of sp³-hybridized carbons (Fsp3) is 0.472. The molecule has 16 heteroatoms. The van der Waals surface area contributed by atoms with Gasteiger partial charge in [-0.2, -0.15) is 26.3 Å². The van der Waals surface area contributed by atoms with Crippen LogP contribution in [0.1, 0.15) is 78.6 Å². The summed E-state index contributed by atoms with van der Waals surface area (Å²) in [5.41, 5.74) is -6.53. The van der Waals surface area contributed by atoms with Gasteiger partial charge in [0.1, 0.15) is 23.4 Å². The van der Waals surface area contributed by atoms with E-state index in [0.717, 1.165) is 10.8 Å². The van der Waals surface area contributed by atoms with Crippen molar-refractivity contribution in [1.29, 1.82) is 0 Å². The van der Waals surface area contributed by atoms with E-state index in [0.29, 0.717) is 12.6 Å². The molecule has 1 amide bonds. The molecule has 1 heterocycles. The highest BCUT2D eigenvalue weighted by molar-refractivity contribution is 5.82. The number of carbonyl (C=O) groups excluding carboxylic acids is 1. The van der Waals surface area contributed by atoms with E-state index in [-0.39, 0.29) is 53.3 Å². The van der Waals surface area contributed by atoms with Crippen LogP contribution in [-0.4, -0.2) is 54.2 Å². The number of methoxy groups -OCH3 is 1. The number of benzene rings is 2. The van der Waals surface area contributed by atoms with Crippen LogP contribution >= 0.6 is 0 Å². The molecule has 3 rings (SSSR count). The Labute approximate surface area is 295 Å². The number of aryl methyl sites for hydroxylation is 2. The summed E-state index contributed by atoms with van der Waals surface area (Å²) in [5, 5.41) is 11.9. The summed E-state index contributed by atoms with van der Waals surface area (Å²) in [6, 6.07) is -0.420. The van der Waals surface area contributed by atoms with Crippen LogP contribution in [0.4, 0.5) is 35.1 Å². The quantitative estimate of drug-likeness (QED) is 0.163. The molecular weight excluding hydrogens is 706 g/mol. The summed E-state index contributed by atoms with van der Waals surface area (Å²) in [7, 11) is 4.69. The fourth-order valence-corrected chi connectivity index (χ4v) is 6.16. The number of rotatable bonds is 14. The number of hydrogen-bond donors (Lipinski definition) is 2. The standard InChI is InChI=1S/C36H41F8N3O5/c1-18(2)13-26(47-17-21(9-8-12-46(5)6)23(15-28(47)48)35(39,40)41)34(51)45-25(16-29(49)50)31-32(37)22(14-24(33(31)38)36(42,43)44)30-19(3)10-11-27(52-7)20(30)4/h10-11,14-15,17-18,25-26H,8-9,12-13,16H2,1-7H3,(H,45,51)(H,49,50)/t25-,26?/m0/s1. The summed E-state index contributed by atoms with van der Waals surface area (Å²) < 4.78 is 123. The second-order valence-electron chi connectivity index (χ2n) is 13.3. The number of carboxylic acid groups (broad SMARTS) is 1. The van der Waals surface area contributed by atoms with E-state index in [2.05, 4.69) is 5.32 Å². The highest BCUT2D eigenvalue weighted by atomic mass is 19.4. The molecule has 1 unspecified atom stereocenters. The van der Waals surface area contributed by atoms with E-state index < -0.39 is 88.1 Å². The van der Waals surface area contributed by atoms with Gasteiger partial charge < -0.3 is 24.6 Å². The number of carboxylic acids is 1. The predicted octanol–water partition coefficient (Wildman–Crippen LogP) is 7.87. The van der Waals surface area contributed by atoms with E-state index in [1.807, 2.05) is 0 Å². The Morgan fingerprint density at radius 2 is 1.60 bits per heavy atom. The smallest absolute Gasteiger partial charge is 0.419 e. The lowest BCUT2D eigenvalue weighted by atomic mass is 9.88. The molecule has 0 saturated heterocycles. The van der Waals surface area contributed by atoms with Crippen LogP contribution in [0, 0.1) is 31.4 Å². The first-order valence-electron chi connectivity index (χ1n) is 16.2. The van der Waals surface area contributed by atoms with E-state index >= 15 is 8.78 Å². The van der Waals surface area contributed by atoms with Crippen LogP contribution < -0.4 is 15.6 Å². The van der Waals surface area contributed by atoms with Crippen molar-refractivity contribution in [3.05, 3.63) is 85.8 Å². The van der Waals surface area contributed by atoms with Gasteiger partial charge >= 0.3 is 18.3 Å². The van der Waals surface area contributed by atoms with Crippen LogP contribution in [0.25, 0.3) is 11.1 Å². The monoisotopic (exact) mass is 747 g/mol. The first-order chi connectivity index (χ1) is 24.0. The molecule has 2 N–H and O–H groups in total. The van der Waals surface area contributed by atoms with Crippen molar-refractivity contribution >= 4 is 11.9 Å². The molecule has 8 nitrogen and oxygen atoms in total. The van der Waals surface area contributed by atoms with Gasteiger partial charge in [-0.25, -0.2) is 8.78 Å². The minimum Gasteiger partial charge on any atom is -0.496 e. The van der Waals surface area contributed by atoms with Crippen molar-refractivity contribution < 1.29 is 54.6 Å². The molecule has 0 radical (unpaired) electrons. The molecule has 286 valence electrons. The minimum atomic E-state index is -5.41. The Hall–Kier alpha value is -4.47. The second-order valence-corrected chi connectivity index (χ2v) is 13.3. The number of alkyl halides is 6. The topological polar surface area (TPSA) is 101 Å². The average Bonchev–Trinajstić information content (AvgIpc) is 3.00. The Bertz CT molecular complexity index is 1850. The maximum Gasteiger partial charge on any atom is 0.419 e. The number of amides is 1. The van der Waals surface area contributed by atoms with Crippen molar-refractivity contribution in [2.24, 2.45) is 5.92 Å². The van der Waals surface area contributed by atoms with E-state index in [1.54, 1.807) is 32.8 Å². The molecule has 0 aliphatic heterocycles. The lowest BCUT2D eigenvalue weighted by Gasteiger charge is -2.27. The van der Waals surface area contributed by atoms with Gasteiger partial charge in [0.2, 0.25) is 5.91 Å². The number of pyridine rings is 1. The third-order valence-corrected chi connectivity index (χ3v) is 8.55. The molecule has 52 heavy (non-hydrogen) atoms. The van der Waals surface area contributed by atoms with E-state index in [1.165, 1.54) is 33.1 Å². The zero-order valence-corrected chi connectivity index (χ0v) is 29.7. The molecule has 0 spiro atoms. The number of nitrogens with zero attached hydrogens (tertiary/aromatic N) is 2. The number of hydrogen-bond acceptors (Lipinski definition) is 5. The largest absolute Gasteiger partial charge is 0.496 e. The van der Waals surface area contributed by atoms with Gasteiger partial charge in [0, 0.05) is 23.4 Å². The SMILES string of the molecule is COc1ccc(C)c(-c2cc(C(F)(F)F)c(F)c([C@H](CC(=O)O)NC(=O)C(CC(C)C)n3cc(CCCN(C)C)c(C(F)(F)F)cc3=O)c2F)c1C. The van der Waals surface area contributed by atoms with Gasteiger partial charge in [0.25, 0.3) is 5.56 Å². The Kier molecular flexibility index (Phi) is 13.3. The maximum atomic E-state index is 16.6. The second kappa shape index (κ2) is 16.5. The molecule has 2 aromatic carbocycles. The van der Waals surface area contributed by atoms with Crippen molar-refractivity contribution in [2.45, 2.75) is 77.8 Å². The molecule has 0 aliphatic rings. The normalized spacial score (nSPS) is 13.4. The van der Waals surface area contributed by atoms with Gasteiger partial charge in [0.15, 0.2) is 0 Å². The Morgan fingerprint density at radius 1 is 0.981 bits per heavy atom. The van der Waals surface area contributed by atoms with Gasteiger partial charge in [-0.1, -0.05) is 19.9 Å². The highest BCUT2D eigenvalue weighted by Crippen LogP contribution is 2.43. The van der Waals surface area contributed by atoms with E-state index in [4.69, 9.17) is 4.74 Å². The number of nitrogens with one attached hydrogen (secondary N) is 1. The molecule has 0 bridgehead atoms. The van der Waals surface area contributed by atoms with Gasteiger partial charge in [-0.3, -0.25) is 14.4 Å².